The molecule has 2 nitrogen and oxygen atoms in total. The van der Waals surface area contributed by atoms with E-state index >= 15 is 0 Å². The van der Waals surface area contributed by atoms with E-state index in [4.69, 9.17) is 5.73 Å². The van der Waals surface area contributed by atoms with Crippen molar-refractivity contribution in [1.29, 1.82) is 0 Å². The van der Waals surface area contributed by atoms with E-state index in [1.54, 1.807) is 0 Å². The van der Waals surface area contributed by atoms with Crippen molar-refractivity contribution in [2.45, 2.75) is 44.0 Å². The predicted molar refractivity (Wildman–Crippen MR) is 73.5 cm³/mol. The van der Waals surface area contributed by atoms with Crippen LogP contribution in [-0.4, -0.2) is 11.2 Å². The third-order valence-electron chi connectivity index (χ3n) is 3.93. The van der Waals surface area contributed by atoms with Gasteiger partial charge in [0.25, 0.3) is 0 Å². The molecule has 1 fully saturated rings. The molecular formula is C14H18ClF4NO. The molecule has 0 bridgehead atoms. The van der Waals surface area contributed by atoms with Crippen molar-refractivity contribution in [3.8, 4) is 0 Å². The minimum absolute atomic E-state index is 0. The molecule has 1 aromatic rings. The third-order valence-corrected chi connectivity index (χ3v) is 3.93. The molecule has 2 atom stereocenters. The molecule has 1 aromatic carbocycles. The lowest BCUT2D eigenvalue weighted by Gasteiger charge is -2.25. The molecule has 0 unspecified atom stereocenters. The molecule has 120 valence electrons. The van der Waals surface area contributed by atoms with Gasteiger partial charge < -0.3 is 10.8 Å². The second kappa shape index (κ2) is 6.94. The summed E-state index contributed by atoms with van der Waals surface area (Å²) < 4.78 is 51.6. The number of nitrogens with two attached hydrogens (primary N) is 1. The van der Waals surface area contributed by atoms with Crippen molar-refractivity contribution in [3.05, 3.63) is 35.1 Å². The molecule has 0 aromatic heterocycles. The lowest BCUT2D eigenvalue weighted by molar-refractivity contribution is -0.137. The average molecular weight is 328 g/mol. The van der Waals surface area contributed by atoms with Gasteiger partial charge >= 0.3 is 6.18 Å². The predicted octanol–water partition coefficient (Wildman–Crippen LogP) is 3.82. The van der Waals surface area contributed by atoms with Crippen molar-refractivity contribution >= 4 is 12.4 Å². The Morgan fingerprint density at radius 3 is 2.29 bits per heavy atom. The second-order valence-corrected chi connectivity index (χ2v) is 5.29. The highest BCUT2D eigenvalue weighted by Crippen LogP contribution is 2.35. The zero-order valence-electron chi connectivity index (χ0n) is 11.2. The Morgan fingerprint density at radius 2 is 1.76 bits per heavy atom. The van der Waals surface area contributed by atoms with Crippen molar-refractivity contribution in [2.24, 2.45) is 11.7 Å². The van der Waals surface area contributed by atoms with E-state index in [1.807, 2.05) is 0 Å². The minimum Gasteiger partial charge on any atom is -0.391 e. The summed E-state index contributed by atoms with van der Waals surface area (Å²) in [5.41, 5.74) is 4.54. The molecule has 0 spiro atoms. The first-order valence-electron chi connectivity index (χ1n) is 6.61. The van der Waals surface area contributed by atoms with Crippen molar-refractivity contribution in [1.82, 2.24) is 0 Å². The smallest absolute Gasteiger partial charge is 0.391 e. The molecule has 7 heteroatoms. The Hall–Kier alpha value is -0.850. The van der Waals surface area contributed by atoms with Crippen LogP contribution in [0, 0.1) is 11.7 Å². The quantitative estimate of drug-likeness (QED) is 0.829. The minimum atomic E-state index is -4.56. The van der Waals surface area contributed by atoms with E-state index in [1.165, 1.54) is 0 Å². The van der Waals surface area contributed by atoms with Gasteiger partial charge in [-0.2, -0.15) is 13.2 Å². The summed E-state index contributed by atoms with van der Waals surface area (Å²) in [7, 11) is 0. The molecule has 0 saturated heterocycles. The standard InChI is InChI=1S/C14H17F4NO.ClH/c15-11-6-5-9(14(16,17)18)7-10(11)12(19)13(20)8-3-1-2-4-8;/h5-8,12-13,20H,1-4,19H2;1H/t12-,13+;/m1./s1. The van der Waals surface area contributed by atoms with E-state index in [2.05, 4.69) is 0 Å². The lowest BCUT2D eigenvalue weighted by atomic mass is 9.90. The maximum absolute atomic E-state index is 13.7. The number of aliphatic hydroxyl groups excluding tert-OH is 1. The molecular weight excluding hydrogens is 310 g/mol. The van der Waals surface area contributed by atoms with Crippen LogP contribution in [0.2, 0.25) is 0 Å². The summed E-state index contributed by atoms with van der Waals surface area (Å²) in [6.45, 7) is 0. The van der Waals surface area contributed by atoms with E-state index in [0.717, 1.165) is 31.7 Å². The van der Waals surface area contributed by atoms with Crippen LogP contribution in [0.3, 0.4) is 0 Å². The molecule has 3 N–H and O–H groups in total. The fourth-order valence-corrected chi connectivity index (χ4v) is 2.75. The van der Waals surface area contributed by atoms with Crippen LogP contribution in [0.15, 0.2) is 18.2 Å². The van der Waals surface area contributed by atoms with Crippen LogP contribution in [0.5, 0.6) is 0 Å². The zero-order valence-corrected chi connectivity index (χ0v) is 12.1. The number of benzene rings is 1. The average Bonchev–Trinajstić information content (AvgIpc) is 2.90. The summed E-state index contributed by atoms with van der Waals surface area (Å²) in [5.74, 6) is -0.888. The third kappa shape index (κ3) is 4.08. The molecule has 1 saturated carbocycles. The number of aliphatic hydroxyl groups is 1. The summed E-state index contributed by atoms with van der Waals surface area (Å²) in [6.07, 6.45) is -2.11. The fourth-order valence-electron chi connectivity index (χ4n) is 2.75. The van der Waals surface area contributed by atoms with Crippen molar-refractivity contribution in [2.75, 3.05) is 0 Å². The molecule has 0 radical (unpaired) electrons. The highest BCUT2D eigenvalue weighted by Gasteiger charge is 2.34. The Balaban J connectivity index is 0.00000220. The second-order valence-electron chi connectivity index (χ2n) is 5.29. The number of hydrogen-bond donors (Lipinski definition) is 2. The van der Waals surface area contributed by atoms with Gasteiger partial charge in [-0.3, -0.25) is 0 Å². The van der Waals surface area contributed by atoms with Crippen LogP contribution in [-0.2, 0) is 6.18 Å². The van der Waals surface area contributed by atoms with E-state index in [9.17, 15) is 22.7 Å². The first-order chi connectivity index (χ1) is 9.30. The van der Waals surface area contributed by atoms with Crippen LogP contribution >= 0.6 is 12.4 Å². The van der Waals surface area contributed by atoms with Gasteiger partial charge in [-0.15, -0.1) is 12.4 Å². The van der Waals surface area contributed by atoms with Gasteiger partial charge in [-0.05, 0) is 37.0 Å². The largest absolute Gasteiger partial charge is 0.416 e. The highest BCUT2D eigenvalue weighted by molar-refractivity contribution is 5.85. The molecule has 21 heavy (non-hydrogen) atoms. The van der Waals surface area contributed by atoms with Crippen LogP contribution in [0.4, 0.5) is 17.6 Å². The highest BCUT2D eigenvalue weighted by atomic mass is 35.5. The fraction of sp³-hybridized carbons (Fsp3) is 0.571. The van der Waals surface area contributed by atoms with E-state index < -0.39 is 29.7 Å². The molecule has 0 heterocycles. The van der Waals surface area contributed by atoms with Gasteiger partial charge in [0.15, 0.2) is 0 Å². The van der Waals surface area contributed by atoms with Gasteiger partial charge in [0.2, 0.25) is 0 Å². The molecule has 1 aliphatic carbocycles. The van der Waals surface area contributed by atoms with Gasteiger partial charge in [0.05, 0.1) is 17.7 Å². The normalized spacial score (nSPS) is 19.1. The zero-order chi connectivity index (χ0) is 14.9. The summed E-state index contributed by atoms with van der Waals surface area (Å²) in [4.78, 5) is 0. The SMILES string of the molecule is Cl.N[C@H](c1cc(C(F)(F)F)ccc1F)[C@@H](O)C1CCCC1. The van der Waals surface area contributed by atoms with Crippen LogP contribution in [0.25, 0.3) is 0 Å². The monoisotopic (exact) mass is 327 g/mol. The first kappa shape index (κ1) is 18.2. The number of alkyl halides is 3. The summed E-state index contributed by atoms with van der Waals surface area (Å²) in [5, 5.41) is 10.1. The molecule has 1 aliphatic rings. The number of halogens is 5. The van der Waals surface area contributed by atoms with Gasteiger partial charge in [0, 0.05) is 5.56 Å². The summed E-state index contributed by atoms with van der Waals surface area (Å²) >= 11 is 0. The molecule has 2 rings (SSSR count). The van der Waals surface area contributed by atoms with Crippen LogP contribution in [0.1, 0.15) is 42.9 Å². The Labute approximate surface area is 126 Å². The molecule has 0 amide bonds. The van der Waals surface area contributed by atoms with Gasteiger partial charge in [-0.1, -0.05) is 12.8 Å². The number of hydrogen-bond acceptors (Lipinski definition) is 2. The van der Waals surface area contributed by atoms with E-state index in [-0.39, 0.29) is 23.9 Å². The number of rotatable bonds is 3. The van der Waals surface area contributed by atoms with Gasteiger partial charge in [-0.25, -0.2) is 4.39 Å². The Morgan fingerprint density at radius 1 is 1.19 bits per heavy atom. The lowest BCUT2D eigenvalue weighted by Crippen LogP contribution is -2.32. The maximum Gasteiger partial charge on any atom is 0.416 e. The maximum atomic E-state index is 13.7. The Kier molecular flexibility index (Phi) is 6.01. The molecule has 0 aliphatic heterocycles. The van der Waals surface area contributed by atoms with E-state index in [0.29, 0.717) is 12.1 Å². The first-order valence-corrected chi connectivity index (χ1v) is 6.61. The Bertz CT molecular complexity index is 475. The van der Waals surface area contributed by atoms with Crippen molar-refractivity contribution in [3.63, 3.8) is 0 Å². The summed E-state index contributed by atoms with van der Waals surface area (Å²) in [6, 6.07) is 0.978. The topological polar surface area (TPSA) is 46.2 Å². The van der Waals surface area contributed by atoms with Gasteiger partial charge in [0.1, 0.15) is 5.82 Å². The van der Waals surface area contributed by atoms with Crippen LogP contribution < -0.4 is 5.73 Å². The van der Waals surface area contributed by atoms with Crippen molar-refractivity contribution < 1.29 is 22.7 Å².